The van der Waals surface area contributed by atoms with Crippen molar-refractivity contribution >= 4 is 9.84 Å². The van der Waals surface area contributed by atoms with Gasteiger partial charge in [-0.2, -0.15) is 0 Å². The summed E-state index contributed by atoms with van der Waals surface area (Å²) in [7, 11) is -3.51. The summed E-state index contributed by atoms with van der Waals surface area (Å²) in [5, 5.41) is 8.83. The highest BCUT2D eigenvalue weighted by atomic mass is 32.2. The number of aliphatic hydroxyl groups is 1. The topological polar surface area (TPSA) is 54.4 Å². The Hall–Kier alpha value is -1.72. The number of aliphatic hydroxyl groups excluding tert-OH is 1. The van der Waals surface area contributed by atoms with Gasteiger partial charge in [-0.05, 0) is 36.8 Å². The Kier molecular flexibility index (Phi) is 3.78. The van der Waals surface area contributed by atoms with Gasteiger partial charge in [-0.15, -0.1) is 0 Å². The molecule has 2 aromatic carbocycles. The van der Waals surface area contributed by atoms with Crippen molar-refractivity contribution in [2.24, 2.45) is 5.92 Å². The lowest BCUT2D eigenvalue weighted by Gasteiger charge is -2.05. The molecule has 0 saturated heterocycles. The SMILES string of the molecule is Cc1ccc(S(=O)(=O)[C@@H]2[C@H](CO)[C@H]2c2ccc(F)cc2)cc1. The molecule has 1 aliphatic carbocycles. The highest BCUT2D eigenvalue weighted by Crippen LogP contribution is 2.53. The Labute approximate surface area is 129 Å². The summed E-state index contributed by atoms with van der Waals surface area (Å²) in [6.07, 6.45) is 0. The van der Waals surface area contributed by atoms with Crippen LogP contribution in [0.1, 0.15) is 17.0 Å². The second-order valence-electron chi connectivity index (χ2n) is 5.75. The Morgan fingerprint density at radius 3 is 2.18 bits per heavy atom. The van der Waals surface area contributed by atoms with Crippen LogP contribution in [0.2, 0.25) is 0 Å². The van der Waals surface area contributed by atoms with Gasteiger partial charge in [0.25, 0.3) is 0 Å². The van der Waals surface area contributed by atoms with Crippen LogP contribution in [0.5, 0.6) is 0 Å². The van der Waals surface area contributed by atoms with Crippen molar-refractivity contribution in [3.8, 4) is 0 Å². The zero-order valence-electron chi connectivity index (χ0n) is 12.1. The number of sulfone groups is 1. The average molecular weight is 320 g/mol. The third-order valence-electron chi connectivity index (χ3n) is 4.27. The van der Waals surface area contributed by atoms with Crippen LogP contribution in [0.3, 0.4) is 0 Å². The Morgan fingerprint density at radius 2 is 1.64 bits per heavy atom. The Balaban J connectivity index is 1.93. The van der Waals surface area contributed by atoms with Crippen molar-refractivity contribution in [3.05, 3.63) is 65.5 Å². The first-order valence-electron chi connectivity index (χ1n) is 7.12. The molecule has 5 heteroatoms. The highest BCUT2D eigenvalue weighted by molar-refractivity contribution is 7.92. The minimum absolute atomic E-state index is 0.197. The zero-order chi connectivity index (χ0) is 15.9. The van der Waals surface area contributed by atoms with E-state index in [1.807, 2.05) is 6.92 Å². The molecule has 3 atom stereocenters. The predicted octanol–water partition coefficient (Wildman–Crippen LogP) is 2.68. The maximum Gasteiger partial charge on any atom is 0.182 e. The lowest BCUT2D eigenvalue weighted by molar-refractivity contribution is 0.274. The fourth-order valence-electron chi connectivity index (χ4n) is 2.99. The smallest absolute Gasteiger partial charge is 0.182 e. The summed E-state index contributed by atoms with van der Waals surface area (Å²) in [4.78, 5) is 0.270. The van der Waals surface area contributed by atoms with Crippen molar-refractivity contribution in [2.75, 3.05) is 6.61 Å². The molecule has 0 heterocycles. The zero-order valence-corrected chi connectivity index (χ0v) is 12.9. The average Bonchev–Trinajstić information content (AvgIpc) is 3.24. The molecule has 3 nitrogen and oxygen atoms in total. The molecule has 1 fully saturated rings. The van der Waals surface area contributed by atoms with Crippen molar-refractivity contribution in [1.82, 2.24) is 0 Å². The summed E-state index contributed by atoms with van der Waals surface area (Å²) >= 11 is 0. The minimum Gasteiger partial charge on any atom is -0.396 e. The largest absolute Gasteiger partial charge is 0.396 e. The lowest BCUT2D eigenvalue weighted by Crippen LogP contribution is -2.11. The number of halogens is 1. The number of hydrogen-bond donors (Lipinski definition) is 1. The first kappa shape index (κ1) is 15.2. The maximum absolute atomic E-state index is 13.0. The van der Waals surface area contributed by atoms with Crippen molar-refractivity contribution in [3.63, 3.8) is 0 Å². The summed E-state index contributed by atoms with van der Waals surface area (Å²) in [6, 6.07) is 12.5. The van der Waals surface area contributed by atoms with Crippen LogP contribution < -0.4 is 0 Å². The van der Waals surface area contributed by atoms with E-state index in [1.54, 1.807) is 36.4 Å². The quantitative estimate of drug-likeness (QED) is 0.942. The molecule has 0 radical (unpaired) electrons. The molecule has 0 unspecified atom stereocenters. The molecule has 1 N–H and O–H groups in total. The fourth-order valence-corrected chi connectivity index (χ4v) is 5.19. The first-order chi connectivity index (χ1) is 10.4. The van der Waals surface area contributed by atoms with E-state index in [2.05, 4.69) is 0 Å². The first-order valence-corrected chi connectivity index (χ1v) is 8.66. The molecule has 2 aromatic rings. The van der Waals surface area contributed by atoms with Crippen LogP contribution >= 0.6 is 0 Å². The van der Waals surface area contributed by atoms with Gasteiger partial charge in [0.15, 0.2) is 9.84 Å². The lowest BCUT2D eigenvalue weighted by atomic mass is 10.1. The van der Waals surface area contributed by atoms with E-state index in [9.17, 15) is 17.9 Å². The van der Waals surface area contributed by atoms with E-state index in [-0.39, 0.29) is 29.2 Å². The molecular formula is C17H17FO3S. The summed E-state index contributed by atoms with van der Waals surface area (Å²) in [5.74, 6) is -0.975. The molecule has 0 bridgehead atoms. The summed E-state index contributed by atoms with van der Waals surface area (Å²) in [6.45, 7) is 1.70. The number of aryl methyl sites for hydroxylation is 1. The molecule has 116 valence electrons. The molecule has 1 aliphatic rings. The number of rotatable bonds is 4. The van der Waals surface area contributed by atoms with E-state index >= 15 is 0 Å². The van der Waals surface area contributed by atoms with Crippen LogP contribution in [0, 0.1) is 18.7 Å². The second kappa shape index (κ2) is 5.48. The summed E-state index contributed by atoms with van der Waals surface area (Å²) < 4.78 is 38.5. The van der Waals surface area contributed by atoms with Gasteiger partial charge in [-0.1, -0.05) is 29.8 Å². The molecule has 0 spiro atoms. The third kappa shape index (κ3) is 2.55. The van der Waals surface area contributed by atoms with E-state index < -0.39 is 15.1 Å². The molecule has 0 aromatic heterocycles. The van der Waals surface area contributed by atoms with Gasteiger partial charge in [0.2, 0.25) is 0 Å². The van der Waals surface area contributed by atoms with Crippen molar-refractivity contribution in [2.45, 2.75) is 23.0 Å². The van der Waals surface area contributed by atoms with Crippen LogP contribution in [-0.2, 0) is 9.84 Å². The molecule has 22 heavy (non-hydrogen) atoms. The van der Waals surface area contributed by atoms with E-state index in [0.717, 1.165) is 11.1 Å². The minimum atomic E-state index is -3.51. The van der Waals surface area contributed by atoms with E-state index in [0.29, 0.717) is 0 Å². The van der Waals surface area contributed by atoms with Crippen LogP contribution in [0.4, 0.5) is 4.39 Å². The van der Waals surface area contributed by atoms with Gasteiger partial charge in [-0.25, -0.2) is 12.8 Å². The van der Waals surface area contributed by atoms with Gasteiger partial charge in [0, 0.05) is 18.4 Å². The second-order valence-corrected chi connectivity index (χ2v) is 7.85. The van der Waals surface area contributed by atoms with Crippen molar-refractivity contribution in [1.29, 1.82) is 0 Å². The molecule has 0 aliphatic heterocycles. The van der Waals surface area contributed by atoms with Crippen molar-refractivity contribution < 1.29 is 17.9 Å². The van der Waals surface area contributed by atoms with Crippen LogP contribution in [0.25, 0.3) is 0 Å². The standard InChI is InChI=1S/C17H17FO3S/c1-11-2-8-14(9-3-11)22(20,21)17-15(10-19)16(17)12-4-6-13(18)7-5-12/h2-9,15-17,19H,10H2,1H3/t15-,16-,17-/m1/s1. The van der Waals surface area contributed by atoms with Gasteiger partial charge < -0.3 is 5.11 Å². The van der Waals surface area contributed by atoms with Gasteiger partial charge in [0.1, 0.15) is 5.82 Å². The normalized spacial score (nSPS) is 24.2. The Bertz CT molecular complexity index is 767. The van der Waals surface area contributed by atoms with Gasteiger partial charge >= 0.3 is 0 Å². The van der Waals surface area contributed by atoms with E-state index in [4.69, 9.17) is 0 Å². The predicted molar refractivity (Wildman–Crippen MR) is 81.9 cm³/mol. The number of benzene rings is 2. The van der Waals surface area contributed by atoms with Gasteiger partial charge in [-0.3, -0.25) is 0 Å². The third-order valence-corrected chi connectivity index (χ3v) is 6.56. The molecular weight excluding hydrogens is 303 g/mol. The molecule has 3 rings (SSSR count). The highest BCUT2D eigenvalue weighted by Gasteiger charge is 2.58. The van der Waals surface area contributed by atoms with Gasteiger partial charge in [0.05, 0.1) is 10.1 Å². The summed E-state index contributed by atoms with van der Waals surface area (Å²) in [5.41, 5.74) is 1.74. The molecule has 0 amide bonds. The van der Waals surface area contributed by atoms with Crippen LogP contribution in [0.15, 0.2) is 53.4 Å². The van der Waals surface area contributed by atoms with E-state index in [1.165, 1.54) is 12.1 Å². The monoisotopic (exact) mass is 320 g/mol. The maximum atomic E-state index is 13.0. The molecule has 1 saturated carbocycles. The van der Waals surface area contributed by atoms with Crippen LogP contribution in [-0.4, -0.2) is 25.4 Å². The number of hydrogen-bond acceptors (Lipinski definition) is 3. The fraction of sp³-hybridized carbons (Fsp3) is 0.294. The Morgan fingerprint density at radius 1 is 1.05 bits per heavy atom.